The molecule has 0 aromatic carbocycles. The molecule has 0 amide bonds. The van der Waals surface area contributed by atoms with Crippen molar-refractivity contribution in [3.05, 3.63) is 0 Å². The maximum atomic E-state index is 9.49. The van der Waals surface area contributed by atoms with Gasteiger partial charge in [0.25, 0.3) is 0 Å². The Labute approximate surface area is 97.3 Å². The van der Waals surface area contributed by atoms with E-state index in [1.165, 1.54) is 0 Å². The maximum absolute atomic E-state index is 9.49. The summed E-state index contributed by atoms with van der Waals surface area (Å²) in [6, 6.07) is 0. The van der Waals surface area contributed by atoms with Gasteiger partial charge in [-0.05, 0) is 6.92 Å². The number of ether oxygens (including phenoxy) is 3. The molecule has 0 spiro atoms. The monoisotopic (exact) mass is 233 g/mol. The molecule has 96 valence electrons. The molecule has 5 heteroatoms. The van der Waals surface area contributed by atoms with Crippen LogP contribution in [0, 0.1) is 0 Å². The van der Waals surface area contributed by atoms with E-state index in [2.05, 4.69) is 4.90 Å². The van der Waals surface area contributed by atoms with E-state index in [-0.39, 0.29) is 0 Å². The second-order valence-electron chi connectivity index (χ2n) is 4.43. The number of aliphatic hydroxyl groups is 1. The minimum atomic E-state index is -0.483. The first kappa shape index (κ1) is 13.9. The minimum absolute atomic E-state index is 0.483. The van der Waals surface area contributed by atoms with E-state index in [1.807, 2.05) is 6.92 Å². The van der Waals surface area contributed by atoms with E-state index in [0.29, 0.717) is 33.0 Å². The molecule has 0 aromatic rings. The van der Waals surface area contributed by atoms with E-state index in [9.17, 15) is 5.11 Å². The number of likely N-dealkylation sites (tertiary alicyclic amines) is 1. The molecule has 16 heavy (non-hydrogen) atoms. The van der Waals surface area contributed by atoms with Crippen LogP contribution in [0.3, 0.4) is 0 Å². The molecule has 0 radical (unpaired) electrons. The van der Waals surface area contributed by atoms with Gasteiger partial charge in [-0.1, -0.05) is 0 Å². The van der Waals surface area contributed by atoms with Crippen LogP contribution in [0.15, 0.2) is 0 Å². The van der Waals surface area contributed by atoms with Crippen LogP contribution in [0.4, 0.5) is 0 Å². The second kappa shape index (κ2) is 7.19. The molecule has 1 N–H and O–H groups in total. The second-order valence-corrected chi connectivity index (χ2v) is 4.43. The van der Waals surface area contributed by atoms with Crippen LogP contribution in [0.2, 0.25) is 0 Å². The molecule has 0 aromatic heterocycles. The Kier molecular flexibility index (Phi) is 6.23. The van der Waals surface area contributed by atoms with Gasteiger partial charge in [-0.15, -0.1) is 0 Å². The van der Waals surface area contributed by atoms with Crippen molar-refractivity contribution in [1.29, 1.82) is 0 Å². The van der Waals surface area contributed by atoms with Gasteiger partial charge in [0, 0.05) is 26.7 Å². The lowest BCUT2D eigenvalue weighted by atomic mass is 9.97. The number of hydrogen-bond acceptors (Lipinski definition) is 5. The highest BCUT2D eigenvalue weighted by Gasteiger charge is 2.35. The average molecular weight is 233 g/mol. The Morgan fingerprint density at radius 3 is 2.19 bits per heavy atom. The average Bonchev–Trinajstić information content (AvgIpc) is 2.19. The van der Waals surface area contributed by atoms with Crippen molar-refractivity contribution in [2.45, 2.75) is 12.5 Å². The van der Waals surface area contributed by atoms with Gasteiger partial charge in [-0.3, -0.25) is 4.90 Å². The summed E-state index contributed by atoms with van der Waals surface area (Å²) >= 11 is 0. The van der Waals surface area contributed by atoms with Crippen molar-refractivity contribution >= 4 is 0 Å². The number of methoxy groups -OCH3 is 1. The van der Waals surface area contributed by atoms with E-state index < -0.39 is 5.60 Å². The van der Waals surface area contributed by atoms with Crippen LogP contribution in [-0.4, -0.2) is 75.4 Å². The number of hydrogen-bond donors (Lipinski definition) is 1. The molecule has 1 aliphatic rings. The van der Waals surface area contributed by atoms with Crippen LogP contribution < -0.4 is 0 Å². The summed E-state index contributed by atoms with van der Waals surface area (Å²) < 4.78 is 15.5. The van der Waals surface area contributed by atoms with Gasteiger partial charge in [0.05, 0.1) is 38.6 Å². The molecule has 1 fully saturated rings. The first-order chi connectivity index (χ1) is 7.64. The predicted octanol–water partition coefficient (Wildman–Crippen LogP) is -0.267. The van der Waals surface area contributed by atoms with Crippen molar-refractivity contribution in [3.63, 3.8) is 0 Å². The van der Waals surface area contributed by atoms with E-state index in [4.69, 9.17) is 14.2 Å². The fraction of sp³-hybridized carbons (Fsp3) is 1.00. The Morgan fingerprint density at radius 2 is 1.62 bits per heavy atom. The quantitative estimate of drug-likeness (QED) is 0.556. The van der Waals surface area contributed by atoms with E-state index in [1.54, 1.807) is 7.11 Å². The van der Waals surface area contributed by atoms with Gasteiger partial charge in [0.1, 0.15) is 0 Å². The van der Waals surface area contributed by atoms with Gasteiger partial charge in [-0.25, -0.2) is 0 Å². The van der Waals surface area contributed by atoms with Crippen molar-refractivity contribution in [2.24, 2.45) is 0 Å². The molecule has 0 atom stereocenters. The Hall–Kier alpha value is -0.200. The molecular formula is C11H23NO4. The van der Waals surface area contributed by atoms with Crippen molar-refractivity contribution in [3.8, 4) is 0 Å². The molecule has 1 saturated heterocycles. The molecule has 1 rings (SSSR count). The van der Waals surface area contributed by atoms with Crippen molar-refractivity contribution in [1.82, 2.24) is 4.90 Å². The first-order valence-corrected chi connectivity index (χ1v) is 5.73. The van der Waals surface area contributed by atoms with Crippen LogP contribution in [-0.2, 0) is 14.2 Å². The zero-order chi connectivity index (χ0) is 11.9. The van der Waals surface area contributed by atoms with Gasteiger partial charge in [0.15, 0.2) is 0 Å². The Bertz CT molecular complexity index is 179. The zero-order valence-electron chi connectivity index (χ0n) is 10.3. The highest BCUT2D eigenvalue weighted by atomic mass is 16.5. The summed E-state index contributed by atoms with van der Waals surface area (Å²) in [6.07, 6.45) is 0. The highest BCUT2D eigenvalue weighted by Crippen LogP contribution is 2.18. The fourth-order valence-corrected chi connectivity index (χ4v) is 1.73. The van der Waals surface area contributed by atoms with Crippen molar-refractivity contribution in [2.75, 3.05) is 59.8 Å². The zero-order valence-corrected chi connectivity index (χ0v) is 10.3. The van der Waals surface area contributed by atoms with Crippen LogP contribution in [0.25, 0.3) is 0 Å². The van der Waals surface area contributed by atoms with Gasteiger partial charge in [-0.2, -0.15) is 0 Å². The molecule has 0 bridgehead atoms. The van der Waals surface area contributed by atoms with Gasteiger partial charge >= 0.3 is 0 Å². The Balaban J connectivity index is 1.76. The summed E-state index contributed by atoms with van der Waals surface area (Å²) in [7, 11) is 1.65. The molecular weight excluding hydrogens is 210 g/mol. The third-order valence-electron chi connectivity index (χ3n) is 2.48. The number of rotatable bonds is 9. The lowest BCUT2D eigenvalue weighted by Crippen LogP contribution is -2.60. The largest absolute Gasteiger partial charge is 0.388 e. The summed E-state index contributed by atoms with van der Waals surface area (Å²) in [6.45, 7) is 7.42. The van der Waals surface area contributed by atoms with Crippen LogP contribution in [0.5, 0.6) is 0 Å². The summed E-state index contributed by atoms with van der Waals surface area (Å²) in [4.78, 5) is 2.17. The maximum Gasteiger partial charge on any atom is 0.0872 e. The van der Waals surface area contributed by atoms with Crippen molar-refractivity contribution < 1.29 is 19.3 Å². The van der Waals surface area contributed by atoms with Gasteiger partial charge < -0.3 is 19.3 Å². The number of nitrogens with zero attached hydrogens (tertiary/aromatic N) is 1. The normalized spacial score (nSPS) is 19.7. The van der Waals surface area contributed by atoms with Gasteiger partial charge in [0.2, 0.25) is 0 Å². The number of β-amino-alcohol motifs (C(OH)–C–C–N with tert-alkyl or cyclic N) is 1. The predicted molar refractivity (Wildman–Crippen MR) is 60.6 cm³/mol. The van der Waals surface area contributed by atoms with Crippen LogP contribution >= 0.6 is 0 Å². The lowest BCUT2D eigenvalue weighted by molar-refractivity contribution is -0.0915. The molecule has 1 heterocycles. The smallest absolute Gasteiger partial charge is 0.0872 e. The van der Waals surface area contributed by atoms with Crippen LogP contribution in [0.1, 0.15) is 6.92 Å². The third kappa shape index (κ3) is 5.77. The SMILES string of the molecule is COCCOCCOCCN1CC(C)(O)C1. The highest BCUT2D eigenvalue weighted by molar-refractivity contribution is 4.90. The molecule has 0 aliphatic carbocycles. The minimum Gasteiger partial charge on any atom is -0.388 e. The summed E-state index contributed by atoms with van der Waals surface area (Å²) in [5.74, 6) is 0. The third-order valence-corrected chi connectivity index (χ3v) is 2.48. The summed E-state index contributed by atoms with van der Waals surface area (Å²) in [5.41, 5.74) is -0.483. The van der Waals surface area contributed by atoms with E-state index >= 15 is 0 Å². The fourth-order valence-electron chi connectivity index (χ4n) is 1.73. The topological polar surface area (TPSA) is 51.2 Å². The molecule has 0 unspecified atom stereocenters. The lowest BCUT2D eigenvalue weighted by Gasteiger charge is -2.44. The standard InChI is InChI=1S/C11H23NO4/c1-11(13)9-12(10-11)3-4-15-7-8-16-6-5-14-2/h13H,3-10H2,1-2H3. The first-order valence-electron chi connectivity index (χ1n) is 5.73. The summed E-state index contributed by atoms with van der Waals surface area (Å²) in [5, 5.41) is 9.49. The molecule has 0 saturated carbocycles. The van der Waals surface area contributed by atoms with E-state index in [0.717, 1.165) is 19.6 Å². The molecule has 5 nitrogen and oxygen atoms in total. The molecule has 1 aliphatic heterocycles. The Morgan fingerprint density at radius 1 is 1.06 bits per heavy atom.